The zero-order valence-electron chi connectivity index (χ0n) is 14.7. The molecule has 0 unspecified atom stereocenters. The summed E-state index contributed by atoms with van der Waals surface area (Å²) in [7, 11) is 0. The van der Waals surface area contributed by atoms with E-state index in [1.165, 1.54) is 52.3 Å². The molecule has 0 radical (unpaired) electrons. The molecule has 10 heteroatoms. The van der Waals surface area contributed by atoms with Crippen molar-refractivity contribution in [2.75, 3.05) is 35.7 Å². The van der Waals surface area contributed by atoms with Gasteiger partial charge in [-0.1, -0.05) is 23.1 Å². The molecule has 7 nitrogen and oxygen atoms in total. The Hall–Kier alpha value is -2.04. The van der Waals surface area contributed by atoms with Crippen molar-refractivity contribution in [1.29, 1.82) is 0 Å². The van der Waals surface area contributed by atoms with Gasteiger partial charge in [0.15, 0.2) is 4.34 Å². The first kappa shape index (κ1) is 19.7. The highest BCUT2D eigenvalue weighted by molar-refractivity contribution is 8.01. The first-order valence-corrected chi connectivity index (χ1v) is 10.3. The molecule has 2 aromatic rings. The van der Waals surface area contributed by atoms with Crippen LogP contribution in [0.3, 0.4) is 0 Å². The Bertz CT molecular complexity index is 800. The molecule has 3 rings (SSSR count). The first-order valence-electron chi connectivity index (χ1n) is 8.47. The molecule has 27 heavy (non-hydrogen) atoms. The van der Waals surface area contributed by atoms with Crippen LogP contribution >= 0.6 is 23.1 Å². The van der Waals surface area contributed by atoms with Crippen molar-refractivity contribution >= 4 is 45.7 Å². The van der Waals surface area contributed by atoms with E-state index in [0.29, 0.717) is 24.0 Å². The molecular formula is C17H19FN4O3S2. The Kier molecular flexibility index (Phi) is 6.75. The monoisotopic (exact) mass is 410 g/mol. The first-order chi connectivity index (χ1) is 13.1. The molecule has 2 heterocycles. The number of hydrogen-bond acceptors (Lipinski definition) is 7. The van der Waals surface area contributed by atoms with Gasteiger partial charge >= 0.3 is 0 Å². The van der Waals surface area contributed by atoms with Crippen LogP contribution in [0.4, 0.5) is 15.2 Å². The molecule has 1 aliphatic rings. The van der Waals surface area contributed by atoms with Gasteiger partial charge in [0.1, 0.15) is 5.82 Å². The smallest absolute Gasteiger partial charge is 0.231 e. The second-order valence-corrected chi connectivity index (χ2v) is 8.11. The number of nitrogens with one attached hydrogen (secondary N) is 1. The number of amides is 2. The zero-order valence-corrected chi connectivity index (χ0v) is 16.3. The van der Waals surface area contributed by atoms with Gasteiger partial charge < -0.3 is 15.0 Å². The summed E-state index contributed by atoms with van der Waals surface area (Å²) in [5.41, 5.74) is 0.584. The van der Waals surface area contributed by atoms with E-state index in [0.717, 1.165) is 10.1 Å². The lowest BCUT2D eigenvalue weighted by atomic mass is 10.1. The van der Waals surface area contributed by atoms with Crippen molar-refractivity contribution in [1.82, 2.24) is 10.2 Å². The van der Waals surface area contributed by atoms with Crippen LogP contribution in [0.25, 0.3) is 0 Å². The molecule has 0 saturated carbocycles. The van der Waals surface area contributed by atoms with Gasteiger partial charge in [-0.3, -0.25) is 9.59 Å². The number of halogens is 1. The highest BCUT2D eigenvalue weighted by Gasteiger charge is 2.35. The van der Waals surface area contributed by atoms with E-state index in [-0.39, 0.29) is 30.6 Å². The molecule has 2 amide bonds. The average Bonchev–Trinajstić information content (AvgIpc) is 3.26. The number of rotatable bonds is 8. The number of thioether (sulfide) groups is 1. The quantitative estimate of drug-likeness (QED) is 0.409. The number of ether oxygens (including phenoxy) is 1. The summed E-state index contributed by atoms with van der Waals surface area (Å²) in [6.07, 6.45) is 0.109. The predicted molar refractivity (Wildman–Crippen MR) is 103 cm³/mol. The van der Waals surface area contributed by atoms with Gasteiger partial charge in [-0.05, 0) is 31.2 Å². The molecule has 1 atom stereocenters. The van der Waals surface area contributed by atoms with Crippen molar-refractivity contribution in [3.63, 3.8) is 0 Å². The van der Waals surface area contributed by atoms with E-state index in [1.807, 2.05) is 6.92 Å². The number of anilines is 2. The van der Waals surface area contributed by atoms with Crippen LogP contribution in [0.5, 0.6) is 0 Å². The minimum Gasteiger partial charge on any atom is -0.381 e. The Morgan fingerprint density at radius 3 is 2.93 bits per heavy atom. The molecule has 1 aromatic carbocycles. The van der Waals surface area contributed by atoms with Gasteiger partial charge in [0.05, 0.1) is 12.5 Å². The minimum absolute atomic E-state index is 0.109. The predicted octanol–water partition coefficient (Wildman–Crippen LogP) is 2.80. The van der Waals surface area contributed by atoms with Crippen molar-refractivity contribution < 1.29 is 18.7 Å². The molecule has 1 N–H and O–H groups in total. The minimum atomic E-state index is -0.486. The fourth-order valence-corrected chi connectivity index (χ4v) is 4.29. The number of hydrogen-bond donors (Lipinski definition) is 1. The second kappa shape index (κ2) is 9.25. The molecular weight excluding hydrogens is 391 g/mol. The van der Waals surface area contributed by atoms with Crippen molar-refractivity contribution in [3.05, 3.63) is 30.1 Å². The summed E-state index contributed by atoms with van der Waals surface area (Å²) in [6, 6.07) is 5.65. The largest absolute Gasteiger partial charge is 0.381 e. The SMILES string of the molecule is CCOCCSc1nnc(NC(=O)[C@H]2CC(=O)N(c3ccc(F)cc3)C2)s1. The van der Waals surface area contributed by atoms with Crippen LogP contribution < -0.4 is 10.2 Å². The molecule has 0 aliphatic carbocycles. The summed E-state index contributed by atoms with van der Waals surface area (Å²) in [5, 5.41) is 11.1. The van der Waals surface area contributed by atoms with Crippen LogP contribution in [0.1, 0.15) is 13.3 Å². The lowest BCUT2D eigenvalue weighted by Gasteiger charge is -2.16. The van der Waals surface area contributed by atoms with Crippen LogP contribution in [-0.2, 0) is 14.3 Å². The summed E-state index contributed by atoms with van der Waals surface area (Å²) in [4.78, 5) is 26.2. The summed E-state index contributed by atoms with van der Waals surface area (Å²) in [6.45, 7) is 3.50. The lowest BCUT2D eigenvalue weighted by molar-refractivity contribution is -0.122. The van der Waals surface area contributed by atoms with Crippen molar-refractivity contribution in [2.45, 2.75) is 17.7 Å². The fraction of sp³-hybridized carbons (Fsp3) is 0.412. The third kappa shape index (κ3) is 5.24. The van der Waals surface area contributed by atoms with Gasteiger partial charge in [-0.2, -0.15) is 0 Å². The summed E-state index contributed by atoms with van der Waals surface area (Å²) < 4.78 is 19.1. The Morgan fingerprint density at radius 2 is 2.19 bits per heavy atom. The second-order valence-electron chi connectivity index (χ2n) is 5.79. The average molecular weight is 410 g/mol. The van der Waals surface area contributed by atoms with E-state index < -0.39 is 5.92 Å². The number of aromatic nitrogens is 2. The highest BCUT2D eigenvalue weighted by atomic mass is 32.2. The fourth-order valence-electron chi connectivity index (χ4n) is 2.61. The normalized spacial score (nSPS) is 16.7. The highest BCUT2D eigenvalue weighted by Crippen LogP contribution is 2.28. The standard InChI is InChI=1S/C17H19FN4O3S2/c1-2-25-7-8-26-17-21-20-16(27-17)19-15(24)11-9-14(23)22(10-11)13-5-3-12(18)4-6-13/h3-6,11H,2,7-10H2,1H3,(H,19,20,24)/t11-/m0/s1. The van der Waals surface area contributed by atoms with Gasteiger partial charge in [-0.15, -0.1) is 10.2 Å². The lowest BCUT2D eigenvalue weighted by Crippen LogP contribution is -2.28. The Labute approximate surface area is 164 Å². The molecule has 0 spiro atoms. The van der Waals surface area contributed by atoms with Crippen LogP contribution in [0, 0.1) is 11.7 Å². The zero-order chi connectivity index (χ0) is 19.2. The maximum Gasteiger partial charge on any atom is 0.231 e. The number of benzene rings is 1. The molecule has 0 bridgehead atoms. The van der Waals surface area contributed by atoms with Gasteiger partial charge in [0.25, 0.3) is 0 Å². The number of carbonyl (C=O) groups is 2. The topological polar surface area (TPSA) is 84.4 Å². The van der Waals surface area contributed by atoms with E-state index in [2.05, 4.69) is 15.5 Å². The number of nitrogens with zero attached hydrogens (tertiary/aromatic N) is 3. The molecule has 1 fully saturated rings. The maximum absolute atomic E-state index is 13.0. The number of carbonyl (C=O) groups excluding carboxylic acids is 2. The molecule has 1 aromatic heterocycles. The van der Waals surface area contributed by atoms with Crippen LogP contribution in [0.15, 0.2) is 28.6 Å². The van der Waals surface area contributed by atoms with E-state index in [1.54, 1.807) is 0 Å². The molecule has 1 aliphatic heterocycles. The van der Waals surface area contributed by atoms with Gasteiger partial charge in [-0.25, -0.2) is 4.39 Å². The Morgan fingerprint density at radius 1 is 1.41 bits per heavy atom. The third-order valence-electron chi connectivity index (χ3n) is 3.93. The third-order valence-corrected chi connectivity index (χ3v) is 5.86. The van der Waals surface area contributed by atoms with E-state index in [4.69, 9.17) is 4.74 Å². The van der Waals surface area contributed by atoms with Crippen LogP contribution in [-0.4, -0.2) is 47.5 Å². The Balaban J connectivity index is 1.53. The molecule has 144 valence electrons. The van der Waals surface area contributed by atoms with E-state index in [9.17, 15) is 14.0 Å². The maximum atomic E-state index is 13.0. The summed E-state index contributed by atoms with van der Waals surface area (Å²) >= 11 is 2.81. The van der Waals surface area contributed by atoms with Crippen LogP contribution in [0.2, 0.25) is 0 Å². The summed E-state index contributed by atoms with van der Waals surface area (Å²) in [5.74, 6) is -0.521. The van der Waals surface area contributed by atoms with Gasteiger partial charge in [0, 0.05) is 31.0 Å². The molecule has 1 saturated heterocycles. The van der Waals surface area contributed by atoms with Gasteiger partial charge in [0.2, 0.25) is 16.9 Å². The van der Waals surface area contributed by atoms with Crippen molar-refractivity contribution in [3.8, 4) is 0 Å². The van der Waals surface area contributed by atoms with Crippen molar-refractivity contribution in [2.24, 2.45) is 5.92 Å². The van der Waals surface area contributed by atoms with E-state index >= 15 is 0 Å².